The summed E-state index contributed by atoms with van der Waals surface area (Å²) in [5.74, 6) is -0.331. The zero-order valence-corrected chi connectivity index (χ0v) is 14.7. The quantitative estimate of drug-likeness (QED) is 0.710. The van der Waals surface area contributed by atoms with Gasteiger partial charge in [-0.1, -0.05) is 41.4 Å². The van der Waals surface area contributed by atoms with E-state index in [1.165, 1.54) is 0 Å². The van der Waals surface area contributed by atoms with Gasteiger partial charge in [-0.25, -0.2) is 0 Å². The predicted molar refractivity (Wildman–Crippen MR) is 98.3 cm³/mol. The van der Waals surface area contributed by atoms with E-state index in [1.807, 2.05) is 6.07 Å². The van der Waals surface area contributed by atoms with Gasteiger partial charge in [-0.3, -0.25) is 9.59 Å². The Morgan fingerprint density at radius 3 is 2.40 bits per heavy atom. The lowest BCUT2D eigenvalue weighted by atomic mass is 10.1. The summed E-state index contributed by atoms with van der Waals surface area (Å²) in [7, 11) is 0. The molecule has 0 saturated carbocycles. The fourth-order valence-corrected chi connectivity index (χ4v) is 3.25. The first-order valence-corrected chi connectivity index (χ1v) is 8.18. The molecule has 5 nitrogen and oxygen atoms in total. The minimum Gasteiger partial charge on any atom is -0.459 e. The number of anilines is 1. The molecule has 25 heavy (non-hydrogen) atoms. The van der Waals surface area contributed by atoms with Crippen LogP contribution in [0.15, 0.2) is 40.8 Å². The normalized spacial score (nSPS) is 10.8. The minimum absolute atomic E-state index is 0.0621. The highest BCUT2D eigenvalue weighted by atomic mass is 35.5. The first-order chi connectivity index (χ1) is 11.9. The van der Waals surface area contributed by atoms with Gasteiger partial charge in [-0.2, -0.15) is 0 Å². The number of carbonyl (C=O) groups is 2. The fourth-order valence-electron chi connectivity index (χ4n) is 2.68. The Morgan fingerprint density at radius 2 is 1.76 bits per heavy atom. The van der Waals surface area contributed by atoms with Crippen LogP contribution in [0, 0.1) is 6.92 Å². The molecule has 7 heteroatoms. The van der Waals surface area contributed by atoms with Crippen molar-refractivity contribution in [2.24, 2.45) is 5.73 Å². The molecule has 3 aromatic rings. The topological polar surface area (TPSA) is 85.3 Å². The minimum atomic E-state index is -0.455. The molecule has 0 aliphatic rings. The van der Waals surface area contributed by atoms with Crippen LogP contribution in [0.2, 0.25) is 10.0 Å². The summed E-state index contributed by atoms with van der Waals surface area (Å²) in [5, 5.41) is 3.98. The first kappa shape index (κ1) is 17.3. The van der Waals surface area contributed by atoms with Crippen molar-refractivity contribution < 1.29 is 14.0 Å². The summed E-state index contributed by atoms with van der Waals surface area (Å²) in [6.07, 6.45) is 0.0621. The molecule has 0 bridgehead atoms. The molecule has 0 atom stereocenters. The monoisotopic (exact) mass is 376 g/mol. The van der Waals surface area contributed by atoms with Crippen LogP contribution in [0.3, 0.4) is 0 Å². The van der Waals surface area contributed by atoms with Gasteiger partial charge in [-0.05, 0) is 25.1 Å². The van der Waals surface area contributed by atoms with Gasteiger partial charge in [0.05, 0.1) is 27.7 Å². The molecule has 0 aliphatic heterocycles. The van der Waals surface area contributed by atoms with Crippen LogP contribution < -0.4 is 11.1 Å². The number of aryl methyl sites for hydroxylation is 1. The van der Waals surface area contributed by atoms with E-state index in [1.54, 1.807) is 37.3 Å². The Bertz CT molecular complexity index is 975. The molecule has 3 rings (SSSR count). The molecular weight excluding hydrogens is 363 g/mol. The molecule has 2 aromatic carbocycles. The third-order valence-electron chi connectivity index (χ3n) is 3.81. The van der Waals surface area contributed by atoms with Gasteiger partial charge in [0, 0.05) is 10.9 Å². The zero-order chi connectivity index (χ0) is 18.1. The lowest BCUT2D eigenvalue weighted by Crippen LogP contribution is -2.14. The highest BCUT2D eigenvalue weighted by molar-refractivity contribution is 6.40. The van der Waals surface area contributed by atoms with Gasteiger partial charge >= 0.3 is 0 Å². The molecule has 3 N–H and O–H groups in total. The lowest BCUT2D eigenvalue weighted by Gasteiger charge is -2.09. The van der Waals surface area contributed by atoms with E-state index in [0.29, 0.717) is 22.6 Å². The Balaban J connectivity index is 2.02. The molecular formula is C18H14Cl2N2O3. The number of carbonyl (C=O) groups excluding carboxylic acids is 2. The average molecular weight is 377 g/mol. The van der Waals surface area contributed by atoms with E-state index < -0.39 is 11.8 Å². The van der Waals surface area contributed by atoms with Crippen LogP contribution in [0.25, 0.3) is 11.0 Å². The average Bonchev–Trinajstić information content (AvgIpc) is 2.84. The Kier molecular flexibility index (Phi) is 4.70. The first-order valence-electron chi connectivity index (χ1n) is 7.43. The largest absolute Gasteiger partial charge is 0.459 e. The van der Waals surface area contributed by atoms with Crippen LogP contribution in [-0.4, -0.2) is 11.8 Å². The second-order valence-corrected chi connectivity index (χ2v) is 6.33. The van der Waals surface area contributed by atoms with Gasteiger partial charge in [0.25, 0.3) is 5.91 Å². The molecule has 128 valence electrons. The maximum Gasteiger partial charge on any atom is 0.258 e. The van der Waals surface area contributed by atoms with Gasteiger partial charge in [-0.15, -0.1) is 0 Å². The number of primary amides is 1. The Hall–Kier alpha value is -2.50. The number of nitrogens with one attached hydrogen (secondary N) is 1. The SMILES string of the molecule is Cc1oc2c(NC(=O)c3c(Cl)cccc3Cl)cccc2c1CC(N)=O. The summed E-state index contributed by atoms with van der Waals surface area (Å²) in [4.78, 5) is 23.8. The van der Waals surface area contributed by atoms with Crippen LogP contribution >= 0.6 is 23.2 Å². The van der Waals surface area contributed by atoms with E-state index >= 15 is 0 Å². The number of nitrogens with two attached hydrogens (primary N) is 1. The number of hydrogen-bond acceptors (Lipinski definition) is 3. The molecule has 1 aromatic heterocycles. The molecule has 1 heterocycles. The number of rotatable bonds is 4. The standard InChI is InChI=1S/C18H14Cl2N2O3/c1-9-11(8-15(21)23)10-4-2-7-14(17(10)25-9)22-18(24)16-12(19)5-3-6-13(16)20/h2-7H,8H2,1H3,(H2,21,23)(H,22,24). The smallest absolute Gasteiger partial charge is 0.258 e. The number of fused-ring (bicyclic) bond motifs is 1. The van der Waals surface area contributed by atoms with Crippen molar-refractivity contribution in [3.05, 3.63) is 63.3 Å². The Morgan fingerprint density at radius 1 is 1.12 bits per heavy atom. The molecule has 2 amide bonds. The molecule has 0 unspecified atom stereocenters. The molecule has 0 aliphatic carbocycles. The zero-order valence-electron chi connectivity index (χ0n) is 13.2. The molecule has 0 radical (unpaired) electrons. The third-order valence-corrected chi connectivity index (χ3v) is 4.44. The number of hydrogen-bond donors (Lipinski definition) is 2. The van der Waals surface area contributed by atoms with E-state index in [-0.39, 0.29) is 22.0 Å². The van der Waals surface area contributed by atoms with E-state index in [4.69, 9.17) is 33.4 Å². The van der Waals surface area contributed by atoms with Gasteiger partial charge in [0.1, 0.15) is 5.76 Å². The second-order valence-electron chi connectivity index (χ2n) is 5.51. The van der Waals surface area contributed by atoms with Crippen molar-refractivity contribution in [2.75, 3.05) is 5.32 Å². The Labute approximate surface area is 153 Å². The summed E-state index contributed by atoms with van der Waals surface area (Å²) < 4.78 is 5.74. The summed E-state index contributed by atoms with van der Waals surface area (Å²) in [6, 6.07) is 10.1. The number of benzene rings is 2. The van der Waals surface area contributed by atoms with Gasteiger partial charge < -0.3 is 15.5 Å². The van der Waals surface area contributed by atoms with Crippen molar-refractivity contribution in [3.8, 4) is 0 Å². The maximum atomic E-state index is 12.6. The second kappa shape index (κ2) is 6.78. The summed E-state index contributed by atoms with van der Waals surface area (Å²) in [6.45, 7) is 1.74. The summed E-state index contributed by atoms with van der Waals surface area (Å²) >= 11 is 12.2. The van der Waals surface area contributed by atoms with Crippen molar-refractivity contribution in [2.45, 2.75) is 13.3 Å². The summed E-state index contributed by atoms with van der Waals surface area (Å²) in [5.41, 5.74) is 7.10. The van der Waals surface area contributed by atoms with Crippen molar-refractivity contribution in [1.82, 2.24) is 0 Å². The van der Waals surface area contributed by atoms with Crippen molar-refractivity contribution in [1.29, 1.82) is 0 Å². The van der Waals surface area contributed by atoms with Gasteiger partial charge in [0.15, 0.2) is 5.58 Å². The van der Waals surface area contributed by atoms with E-state index in [0.717, 1.165) is 5.39 Å². The van der Waals surface area contributed by atoms with Crippen LogP contribution in [0.1, 0.15) is 21.7 Å². The van der Waals surface area contributed by atoms with Crippen molar-refractivity contribution >= 4 is 51.7 Å². The fraction of sp³-hybridized carbons (Fsp3) is 0.111. The van der Waals surface area contributed by atoms with Gasteiger partial charge in [0.2, 0.25) is 5.91 Å². The highest BCUT2D eigenvalue weighted by Gasteiger charge is 2.19. The van der Waals surface area contributed by atoms with E-state index in [2.05, 4.69) is 5.32 Å². The number of amides is 2. The third kappa shape index (κ3) is 3.34. The molecule has 0 saturated heterocycles. The predicted octanol–water partition coefficient (Wildman–Crippen LogP) is 4.33. The molecule has 0 spiro atoms. The van der Waals surface area contributed by atoms with Crippen LogP contribution in [0.4, 0.5) is 5.69 Å². The number of halogens is 2. The van der Waals surface area contributed by atoms with E-state index in [9.17, 15) is 9.59 Å². The number of furan rings is 1. The van der Waals surface area contributed by atoms with Crippen LogP contribution in [0.5, 0.6) is 0 Å². The number of para-hydroxylation sites is 1. The maximum absolute atomic E-state index is 12.6. The van der Waals surface area contributed by atoms with Crippen LogP contribution in [-0.2, 0) is 11.2 Å². The molecule has 0 fully saturated rings. The van der Waals surface area contributed by atoms with Crippen molar-refractivity contribution in [3.63, 3.8) is 0 Å². The highest BCUT2D eigenvalue weighted by Crippen LogP contribution is 2.32. The lowest BCUT2D eigenvalue weighted by molar-refractivity contribution is -0.117.